The van der Waals surface area contributed by atoms with Gasteiger partial charge in [-0.3, -0.25) is 10.1 Å². The van der Waals surface area contributed by atoms with Gasteiger partial charge in [0.15, 0.2) is 5.13 Å². The molecule has 0 spiro atoms. The molecular weight excluding hydrogens is 326 g/mol. The smallest absolute Gasteiger partial charge is 0.293 e. The molecule has 7 nitrogen and oxygen atoms in total. The van der Waals surface area contributed by atoms with E-state index in [1.54, 1.807) is 23.5 Å². The van der Waals surface area contributed by atoms with Gasteiger partial charge < -0.3 is 9.80 Å². The maximum absolute atomic E-state index is 11.4. The number of rotatable bonds is 3. The Morgan fingerprint density at radius 2 is 2.04 bits per heavy atom. The second kappa shape index (κ2) is 6.84. The van der Waals surface area contributed by atoms with Crippen molar-refractivity contribution in [3.8, 4) is 6.07 Å². The first-order valence-electron chi connectivity index (χ1n) is 7.69. The van der Waals surface area contributed by atoms with Crippen LogP contribution >= 0.6 is 11.3 Å². The van der Waals surface area contributed by atoms with E-state index in [9.17, 15) is 10.1 Å². The van der Waals surface area contributed by atoms with Crippen molar-refractivity contribution >= 4 is 27.8 Å². The van der Waals surface area contributed by atoms with Gasteiger partial charge in [0.2, 0.25) is 0 Å². The lowest BCUT2D eigenvalue weighted by molar-refractivity contribution is -0.384. The van der Waals surface area contributed by atoms with Crippen LogP contribution < -0.4 is 9.80 Å². The molecule has 0 atom stereocenters. The van der Waals surface area contributed by atoms with Crippen molar-refractivity contribution in [3.63, 3.8) is 0 Å². The number of nitro benzene ring substituents is 1. The summed E-state index contributed by atoms with van der Waals surface area (Å²) in [7, 11) is 0. The van der Waals surface area contributed by atoms with Crippen molar-refractivity contribution in [2.24, 2.45) is 0 Å². The van der Waals surface area contributed by atoms with Crippen LogP contribution in [0.2, 0.25) is 0 Å². The first-order valence-corrected chi connectivity index (χ1v) is 8.57. The summed E-state index contributed by atoms with van der Waals surface area (Å²) in [5.41, 5.74) is 1.89. The van der Waals surface area contributed by atoms with E-state index >= 15 is 0 Å². The van der Waals surface area contributed by atoms with Crippen LogP contribution in [0.3, 0.4) is 0 Å². The largest absolute Gasteiger partial charge is 0.364 e. The highest BCUT2D eigenvalue weighted by Crippen LogP contribution is 2.30. The minimum absolute atomic E-state index is 0.00686. The van der Waals surface area contributed by atoms with Crippen molar-refractivity contribution in [1.29, 1.82) is 5.26 Å². The van der Waals surface area contributed by atoms with Crippen molar-refractivity contribution in [3.05, 3.63) is 45.0 Å². The van der Waals surface area contributed by atoms with Crippen molar-refractivity contribution in [1.82, 2.24) is 4.98 Å². The lowest BCUT2D eigenvalue weighted by Crippen LogP contribution is -2.31. The lowest BCUT2D eigenvalue weighted by atomic mass is 10.1. The lowest BCUT2D eigenvalue weighted by Gasteiger charge is -2.23. The molecule has 0 unspecified atom stereocenters. The molecular formula is C16H17N5O2S. The summed E-state index contributed by atoms with van der Waals surface area (Å²) in [6.07, 6.45) is 0.899. The summed E-state index contributed by atoms with van der Waals surface area (Å²) in [5.74, 6) is 0. The number of thiazole rings is 1. The Balaban J connectivity index is 1.81. The van der Waals surface area contributed by atoms with Crippen LogP contribution in [0.5, 0.6) is 0 Å². The van der Waals surface area contributed by atoms with Crippen LogP contribution in [0.15, 0.2) is 23.6 Å². The summed E-state index contributed by atoms with van der Waals surface area (Å²) in [6.45, 7) is 5.06. The van der Waals surface area contributed by atoms with Crippen molar-refractivity contribution in [2.75, 3.05) is 36.0 Å². The zero-order chi connectivity index (χ0) is 17.1. The third kappa shape index (κ3) is 3.31. The second-order valence-electron chi connectivity index (χ2n) is 5.67. The Labute approximate surface area is 143 Å². The summed E-state index contributed by atoms with van der Waals surface area (Å²) < 4.78 is 0. The summed E-state index contributed by atoms with van der Waals surface area (Å²) in [4.78, 5) is 19.7. The SMILES string of the molecule is Cc1csc(N2CCCN(c3ccc(C#N)cc3[N+](=O)[O-])CC2)n1. The van der Waals surface area contributed by atoms with E-state index in [-0.39, 0.29) is 5.69 Å². The van der Waals surface area contributed by atoms with Gasteiger partial charge in [-0.1, -0.05) is 0 Å². The highest BCUT2D eigenvalue weighted by molar-refractivity contribution is 7.13. The van der Waals surface area contributed by atoms with Gasteiger partial charge >= 0.3 is 0 Å². The normalized spacial score (nSPS) is 15.0. The monoisotopic (exact) mass is 343 g/mol. The van der Waals surface area contributed by atoms with Gasteiger partial charge in [-0.25, -0.2) is 4.98 Å². The quantitative estimate of drug-likeness (QED) is 0.629. The minimum atomic E-state index is -0.414. The zero-order valence-corrected chi connectivity index (χ0v) is 14.1. The summed E-state index contributed by atoms with van der Waals surface area (Å²) in [5, 5.41) is 23.3. The predicted molar refractivity (Wildman–Crippen MR) is 93.7 cm³/mol. The van der Waals surface area contributed by atoms with E-state index in [1.807, 2.05) is 23.3 Å². The molecule has 0 N–H and O–H groups in total. The second-order valence-corrected chi connectivity index (χ2v) is 6.51. The van der Waals surface area contributed by atoms with Gasteiger partial charge in [0, 0.05) is 37.6 Å². The maximum Gasteiger partial charge on any atom is 0.293 e. The molecule has 1 aromatic heterocycles. The maximum atomic E-state index is 11.4. The molecule has 24 heavy (non-hydrogen) atoms. The molecule has 1 aromatic carbocycles. The van der Waals surface area contributed by atoms with Gasteiger partial charge in [0.1, 0.15) is 5.69 Å². The van der Waals surface area contributed by atoms with Crippen LogP contribution in [-0.4, -0.2) is 36.1 Å². The van der Waals surface area contributed by atoms with Crippen LogP contribution in [0.1, 0.15) is 17.7 Å². The molecule has 0 radical (unpaired) electrons. The number of aryl methyl sites for hydroxylation is 1. The number of nitrogens with zero attached hydrogens (tertiary/aromatic N) is 5. The molecule has 1 aliphatic rings. The average molecular weight is 343 g/mol. The van der Waals surface area contributed by atoms with Crippen molar-refractivity contribution in [2.45, 2.75) is 13.3 Å². The Hall–Kier alpha value is -2.66. The summed E-state index contributed by atoms with van der Waals surface area (Å²) >= 11 is 1.63. The fraction of sp³-hybridized carbons (Fsp3) is 0.375. The molecule has 1 saturated heterocycles. The first kappa shape index (κ1) is 16.2. The van der Waals surface area contributed by atoms with Gasteiger partial charge in [0.05, 0.1) is 22.2 Å². The molecule has 2 aromatic rings. The molecule has 0 saturated carbocycles. The Bertz CT molecular complexity index is 798. The van der Waals surface area contributed by atoms with Gasteiger partial charge in [-0.2, -0.15) is 5.26 Å². The predicted octanol–water partition coefficient (Wildman–Crippen LogP) is 2.95. The standard InChI is InChI=1S/C16H17N5O2S/c1-12-11-24-16(18-12)20-6-2-5-19(7-8-20)14-4-3-13(10-17)9-15(14)21(22)23/h3-4,9,11H,2,5-8H2,1H3. The van der Waals surface area contributed by atoms with Crippen LogP contribution in [-0.2, 0) is 0 Å². The van der Waals surface area contributed by atoms with E-state index in [1.165, 1.54) is 6.07 Å². The first-order chi connectivity index (χ1) is 11.6. The summed E-state index contributed by atoms with van der Waals surface area (Å²) in [6, 6.07) is 6.62. The highest BCUT2D eigenvalue weighted by Gasteiger charge is 2.23. The van der Waals surface area contributed by atoms with Crippen molar-refractivity contribution < 1.29 is 4.92 Å². The number of aromatic nitrogens is 1. The molecule has 1 aliphatic heterocycles. The molecule has 0 aliphatic carbocycles. The average Bonchev–Trinajstić information content (AvgIpc) is 2.87. The van der Waals surface area contributed by atoms with E-state index in [0.29, 0.717) is 17.8 Å². The topological polar surface area (TPSA) is 86.3 Å². The Kier molecular flexibility index (Phi) is 4.62. The number of nitro groups is 1. The molecule has 8 heteroatoms. The minimum Gasteiger partial charge on any atom is -0.364 e. The molecule has 3 rings (SSSR count). The van der Waals surface area contributed by atoms with E-state index in [0.717, 1.165) is 36.9 Å². The third-order valence-corrected chi connectivity index (χ3v) is 5.03. The third-order valence-electron chi connectivity index (χ3n) is 4.02. The number of hydrogen-bond donors (Lipinski definition) is 0. The van der Waals surface area contributed by atoms with Gasteiger partial charge in [0.25, 0.3) is 5.69 Å². The number of benzene rings is 1. The van der Waals surface area contributed by atoms with E-state index in [4.69, 9.17) is 5.26 Å². The fourth-order valence-electron chi connectivity index (χ4n) is 2.84. The Morgan fingerprint density at radius 3 is 2.71 bits per heavy atom. The highest BCUT2D eigenvalue weighted by atomic mass is 32.1. The Morgan fingerprint density at radius 1 is 1.29 bits per heavy atom. The number of hydrogen-bond acceptors (Lipinski definition) is 7. The number of anilines is 2. The molecule has 0 bridgehead atoms. The molecule has 124 valence electrons. The van der Waals surface area contributed by atoms with Crippen LogP contribution in [0.4, 0.5) is 16.5 Å². The zero-order valence-electron chi connectivity index (χ0n) is 13.3. The van der Waals surface area contributed by atoms with Crippen LogP contribution in [0, 0.1) is 28.4 Å². The molecule has 0 amide bonds. The van der Waals surface area contributed by atoms with E-state index in [2.05, 4.69) is 9.88 Å². The van der Waals surface area contributed by atoms with Crippen LogP contribution in [0.25, 0.3) is 0 Å². The molecule has 1 fully saturated rings. The molecule has 2 heterocycles. The number of nitriles is 1. The van der Waals surface area contributed by atoms with Gasteiger partial charge in [-0.05, 0) is 25.5 Å². The van der Waals surface area contributed by atoms with E-state index < -0.39 is 4.92 Å². The van der Waals surface area contributed by atoms with Gasteiger partial charge in [-0.15, -0.1) is 11.3 Å². The fourth-order valence-corrected chi connectivity index (χ4v) is 3.70.